The van der Waals surface area contributed by atoms with Crippen LogP contribution in [0.5, 0.6) is 5.88 Å². The first-order chi connectivity index (χ1) is 10.1. The van der Waals surface area contributed by atoms with Gasteiger partial charge in [0.05, 0.1) is 13.0 Å². The maximum absolute atomic E-state index is 12.1. The van der Waals surface area contributed by atoms with E-state index in [0.29, 0.717) is 18.7 Å². The Morgan fingerprint density at radius 3 is 2.62 bits per heavy atom. The van der Waals surface area contributed by atoms with Crippen LogP contribution in [0.4, 0.5) is 0 Å². The van der Waals surface area contributed by atoms with Gasteiger partial charge >= 0.3 is 5.97 Å². The van der Waals surface area contributed by atoms with E-state index < -0.39 is 17.8 Å². The molecule has 1 aromatic heterocycles. The Bertz CT molecular complexity index is 503. The Morgan fingerprint density at radius 2 is 2.00 bits per heavy atom. The van der Waals surface area contributed by atoms with Crippen LogP contribution < -0.4 is 10.1 Å². The molecule has 0 bridgehead atoms. The molecule has 2 rings (SSSR count). The van der Waals surface area contributed by atoms with Crippen molar-refractivity contribution in [3.05, 3.63) is 17.8 Å². The summed E-state index contributed by atoms with van der Waals surface area (Å²) in [4.78, 5) is 23.5. The van der Waals surface area contributed by atoms with E-state index in [9.17, 15) is 14.7 Å². The van der Waals surface area contributed by atoms with Crippen LogP contribution in [0, 0.1) is 5.92 Å². The standard InChI is InChI=1S/C14H19N3O4/c1-21-12-8-7-11(16-17-12)13(18)15-10-6-4-2-3-5-9(10)14(19)20/h7-10H,2-6H2,1H3,(H,15,18)(H,19,20)/t9-,10+/m1/s1. The number of hydrogen-bond acceptors (Lipinski definition) is 5. The number of carbonyl (C=O) groups is 2. The lowest BCUT2D eigenvalue weighted by molar-refractivity contribution is -0.142. The van der Waals surface area contributed by atoms with Crippen molar-refractivity contribution in [2.45, 2.75) is 38.1 Å². The van der Waals surface area contributed by atoms with Gasteiger partial charge in [-0.1, -0.05) is 19.3 Å². The highest BCUT2D eigenvalue weighted by atomic mass is 16.5. The van der Waals surface area contributed by atoms with E-state index in [1.807, 2.05) is 0 Å². The number of carboxylic acid groups (broad SMARTS) is 1. The van der Waals surface area contributed by atoms with Gasteiger partial charge in [0, 0.05) is 12.1 Å². The third kappa shape index (κ3) is 3.90. The second-order valence-corrected chi connectivity index (χ2v) is 5.12. The van der Waals surface area contributed by atoms with E-state index in [4.69, 9.17) is 4.74 Å². The van der Waals surface area contributed by atoms with Gasteiger partial charge < -0.3 is 15.2 Å². The fourth-order valence-corrected chi connectivity index (χ4v) is 2.57. The average Bonchev–Trinajstić information content (AvgIpc) is 2.72. The van der Waals surface area contributed by atoms with Crippen molar-refractivity contribution < 1.29 is 19.4 Å². The number of amides is 1. The number of rotatable bonds is 4. The highest BCUT2D eigenvalue weighted by Crippen LogP contribution is 2.24. The third-order valence-corrected chi connectivity index (χ3v) is 3.73. The van der Waals surface area contributed by atoms with Gasteiger partial charge in [0.15, 0.2) is 5.69 Å². The summed E-state index contributed by atoms with van der Waals surface area (Å²) in [6.07, 6.45) is 4.06. The highest BCUT2D eigenvalue weighted by molar-refractivity contribution is 5.92. The summed E-state index contributed by atoms with van der Waals surface area (Å²) in [5, 5.41) is 19.6. The highest BCUT2D eigenvalue weighted by Gasteiger charge is 2.31. The Morgan fingerprint density at radius 1 is 1.24 bits per heavy atom. The molecule has 1 aliphatic rings. The number of nitrogens with zero attached hydrogens (tertiary/aromatic N) is 2. The van der Waals surface area contributed by atoms with Crippen molar-refractivity contribution in [2.24, 2.45) is 5.92 Å². The van der Waals surface area contributed by atoms with E-state index in [1.54, 1.807) is 6.07 Å². The maximum atomic E-state index is 12.1. The molecule has 1 amide bonds. The summed E-state index contributed by atoms with van der Waals surface area (Å²) in [5.41, 5.74) is 0.157. The molecule has 1 saturated carbocycles. The molecule has 21 heavy (non-hydrogen) atoms. The third-order valence-electron chi connectivity index (χ3n) is 3.73. The second kappa shape index (κ2) is 7.01. The van der Waals surface area contributed by atoms with Gasteiger partial charge in [-0.25, -0.2) is 0 Å². The lowest BCUT2D eigenvalue weighted by Gasteiger charge is -2.22. The molecule has 7 heteroatoms. The molecule has 1 heterocycles. The summed E-state index contributed by atoms with van der Waals surface area (Å²) in [7, 11) is 1.47. The molecular formula is C14H19N3O4. The number of aliphatic carboxylic acids is 1. The molecule has 1 aromatic rings. The Labute approximate surface area is 122 Å². The molecule has 2 atom stereocenters. The van der Waals surface area contributed by atoms with Gasteiger partial charge in [0.1, 0.15) is 0 Å². The smallest absolute Gasteiger partial charge is 0.308 e. The first-order valence-corrected chi connectivity index (χ1v) is 7.03. The van der Waals surface area contributed by atoms with Gasteiger partial charge in [-0.05, 0) is 18.9 Å². The molecule has 0 spiro atoms. The van der Waals surface area contributed by atoms with Crippen LogP contribution in [0.25, 0.3) is 0 Å². The molecule has 1 fully saturated rings. The van der Waals surface area contributed by atoms with Crippen molar-refractivity contribution in [3.8, 4) is 5.88 Å². The van der Waals surface area contributed by atoms with Gasteiger partial charge in [-0.3, -0.25) is 9.59 Å². The topological polar surface area (TPSA) is 101 Å². The SMILES string of the molecule is COc1ccc(C(=O)N[C@H]2CCCCC[C@H]2C(=O)O)nn1. The number of carboxylic acids is 1. The van der Waals surface area contributed by atoms with Crippen LogP contribution in [-0.2, 0) is 4.79 Å². The average molecular weight is 293 g/mol. The molecule has 0 saturated heterocycles. The molecule has 7 nitrogen and oxygen atoms in total. The van der Waals surface area contributed by atoms with Crippen molar-refractivity contribution in [2.75, 3.05) is 7.11 Å². The first kappa shape index (κ1) is 15.2. The van der Waals surface area contributed by atoms with Crippen LogP contribution >= 0.6 is 0 Å². The van der Waals surface area contributed by atoms with Crippen LogP contribution in [0.3, 0.4) is 0 Å². The monoisotopic (exact) mass is 293 g/mol. The molecular weight excluding hydrogens is 274 g/mol. The van der Waals surface area contributed by atoms with Crippen molar-refractivity contribution in [1.82, 2.24) is 15.5 Å². The molecule has 0 aliphatic heterocycles. The maximum Gasteiger partial charge on any atom is 0.308 e. The molecule has 1 aliphatic carbocycles. The Hall–Kier alpha value is -2.18. The largest absolute Gasteiger partial charge is 0.481 e. The lowest BCUT2D eigenvalue weighted by atomic mass is 9.95. The lowest BCUT2D eigenvalue weighted by Crippen LogP contribution is -2.43. The van der Waals surface area contributed by atoms with Gasteiger partial charge in [0.25, 0.3) is 5.91 Å². The minimum atomic E-state index is -0.858. The number of nitrogens with one attached hydrogen (secondary N) is 1. The number of hydrogen-bond donors (Lipinski definition) is 2. The van der Waals surface area contributed by atoms with Gasteiger partial charge in [-0.15, -0.1) is 10.2 Å². The van der Waals surface area contributed by atoms with E-state index in [1.165, 1.54) is 13.2 Å². The van der Waals surface area contributed by atoms with Crippen LogP contribution in [0.2, 0.25) is 0 Å². The summed E-state index contributed by atoms with van der Waals surface area (Å²) in [6.45, 7) is 0. The van der Waals surface area contributed by atoms with E-state index in [2.05, 4.69) is 15.5 Å². The zero-order valence-corrected chi connectivity index (χ0v) is 11.9. The fraction of sp³-hybridized carbons (Fsp3) is 0.571. The molecule has 0 unspecified atom stereocenters. The van der Waals surface area contributed by atoms with E-state index >= 15 is 0 Å². The summed E-state index contributed by atoms with van der Waals surface area (Å²) >= 11 is 0. The van der Waals surface area contributed by atoms with Crippen LogP contribution in [0.15, 0.2) is 12.1 Å². The zero-order chi connectivity index (χ0) is 15.2. The Balaban J connectivity index is 2.06. The van der Waals surface area contributed by atoms with Crippen molar-refractivity contribution in [3.63, 3.8) is 0 Å². The predicted molar refractivity (Wildman–Crippen MR) is 74.0 cm³/mol. The second-order valence-electron chi connectivity index (χ2n) is 5.12. The fourth-order valence-electron chi connectivity index (χ4n) is 2.57. The van der Waals surface area contributed by atoms with Crippen molar-refractivity contribution >= 4 is 11.9 Å². The molecule has 114 valence electrons. The summed E-state index contributed by atoms with van der Waals surface area (Å²) in [6, 6.07) is 2.69. The minimum absolute atomic E-state index is 0.157. The molecule has 2 N–H and O–H groups in total. The normalized spacial score (nSPS) is 22.1. The van der Waals surface area contributed by atoms with E-state index in [0.717, 1.165) is 19.3 Å². The number of carbonyl (C=O) groups excluding carboxylic acids is 1. The number of aromatic nitrogens is 2. The predicted octanol–water partition coefficient (Wildman–Crippen LogP) is 1.25. The van der Waals surface area contributed by atoms with Gasteiger partial charge in [0.2, 0.25) is 5.88 Å². The zero-order valence-electron chi connectivity index (χ0n) is 11.9. The first-order valence-electron chi connectivity index (χ1n) is 7.03. The Kier molecular flexibility index (Phi) is 5.08. The van der Waals surface area contributed by atoms with Gasteiger partial charge in [-0.2, -0.15) is 0 Å². The van der Waals surface area contributed by atoms with Crippen LogP contribution in [-0.4, -0.2) is 40.3 Å². The molecule has 0 aromatic carbocycles. The van der Waals surface area contributed by atoms with E-state index in [-0.39, 0.29) is 11.7 Å². The minimum Gasteiger partial charge on any atom is -0.481 e. The molecule has 0 radical (unpaired) electrons. The summed E-state index contributed by atoms with van der Waals surface area (Å²) in [5.74, 6) is -1.47. The summed E-state index contributed by atoms with van der Waals surface area (Å²) < 4.78 is 4.88. The number of methoxy groups -OCH3 is 1. The van der Waals surface area contributed by atoms with Crippen molar-refractivity contribution in [1.29, 1.82) is 0 Å². The quantitative estimate of drug-likeness (QED) is 0.810. The number of ether oxygens (including phenoxy) is 1. The van der Waals surface area contributed by atoms with Crippen LogP contribution in [0.1, 0.15) is 42.6 Å².